The fourth-order valence-corrected chi connectivity index (χ4v) is 9.42. The van der Waals surface area contributed by atoms with E-state index in [4.69, 9.17) is 14.5 Å². The van der Waals surface area contributed by atoms with Gasteiger partial charge in [-0.3, -0.25) is 0 Å². The molecule has 2 heterocycles. The second-order valence-corrected chi connectivity index (χ2v) is 13.8. The van der Waals surface area contributed by atoms with Crippen LogP contribution in [0.1, 0.15) is 88.3 Å². The van der Waals surface area contributed by atoms with E-state index in [0.29, 0.717) is 5.92 Å². The van der Waals surface area contributed by atoms with Crippen LogP contribution in [0.4, 0.5) is 0 Å². The molecule has 222 valence electrons. The number of fused-ring (bicyclic) bond motifs is 11. The van der Waals surface area contributed by atoms with E-state index in [-0.39, 0.29) is 24.2 Å². The molecule has 3 heteroatoms. The summed E-state index contributed by atoms with van der Waals surface area (Å²) in [5, 5.41) is 0. The predicted octanol–water partition coefficient (Wildman–Crippen LogP) is 9.82. The molecule has 8 aliphatic rings. The van der Waals surface area contributed by atoms with Gasteiger partial charge in [0, 0.05) is 34.1 Å². The number of para-hydroxylation sites is 1. The minimum Gasteiger partial charge on any atom is -0.484 e. The van der Waals surface area contributed by atoms with Gasteiger partial charge in [-0.05, 0) is 88.3 Å². The first kappa shape index (κ1) is 25.3. The Morgan fingerprint density at radius 2 is 1.72 bits per heavy atom. The number of aliphatic imine (C=N–C) groups is 1. The third-order valence-corrected chi connectivity index (χ3v) is 11.4. The van der Waals surface area contributed by atoms with Gasteiger partial charge in [0.2, 0.25) is 5.90 Å². The number of nitrogens with zero attached hydrogens (tertiary/aromatic N) is 1. The van der Waals surface area contributed by atoms with Crippen molar-refractivity contribution in [2.24, 2.45) is 10.9 Å². The number of rotatable bonds is 2. The Bertz CT molecular complexity index is 2160. The van der Waals surface area contributed by atoms with E-state index in [9.17, 15) is 0 Å². The molecule has 0 bridgehead atoms. The monoisotopic (exact) mass is 595 g/mol. The number of hydrogen-bond acceptors (Lipinski definition) is 3. The summed E-state index contributed by atoms with van der Waals surface area (Å²) in [6.07, 6.45) is 26.1. The maximum Gasteiger partial charge on any atom is 0.213 e. The van der Waals surface area contributed by atoms with E-state index < -0.39 is 0 Å². The Hall–Kier alpha value is -4.89. The molecule has 0 saturated carbocycles. The molecule has 6 aliphatic carbocycles. The highest BCUT2D eigenvalue weighted by Crippen LogP contribution is 2.60. The lowest BCUT2D eigenvalue weighted by Gasteiger charge is -2.31. The summed E-state index contributed by atoms with van der Waals surface area (Å²) in [6.45, 7) is 0. The standard InChI is InChI=1S/C43H33NO2/c1-2-8-26(9-3-1)43-44-36-21-20-25-18-16-24-17-19-27(22-33(24)38(25)42(36)46-43)28-11-6-12-30-34-23-35-29-10-4-5-15-37(29)45-41(35)32-14-7-13-31(39(28)30)40(32)34/h1-2,4-5,7-8,10-11,13-21,23,27,35-36,41-42H,3,6,9,12,22H2/t27?,35-,36?,41?,42?/m0/s1. The first-order valence-electron chi connectivity index (χ1n) is 17.0. The van der Waals surface area contributed by atoms with E-state index >= 15 is 0 Å². The van der Waals surface area contributed by atoms with E-state index in [2.05, 4.69) is 109 Å². The zero-order valence-corrected chi connectivity index (χ0v) is 25.6. The highest BCUT2D eigenvalue weighted by atomic mass is 16.5. The van der Waals surface area contributed by atoms with Gasteiger partial charge < -0.3 is 9.47 Å². The number of ether oxygens (including phenoxy) is 2. The Balaban J connectivity index is 0.979. The van der Waals surface area contributed by atoms with Gasteiger partial charge in [-0.1, -0.05) is 103 Å². The van der Waals surface area contributed by atoms with E-state index in [1.807, 2.05) is 0 Å². The molecular weight excluding hydrogens is 562 g/mol. The molecular formula is C43H33NO2. The highest BCUT2D eigenvalue weighted by molar-refractivity contribution is 6.07. The number of hydrogen-bond donors (Lipinski definition) is 0. The second kappa shape index (κ2) is 9.33. The molecule has 0 aromatic heterocycles. The summed E-state index contributed by atoms with van der Waals surface area (Å²) < 4.78 is 13.3. The van der Waals surface area contributed by atoms with Crippen LogP contribution in [0, 0.1) is 5.92 Å². The van der Waals surface area contributed by atoms with Crippen LogP contribution in [0.15, 0.2) is 119 Å². The summed E-state index contributed by atoms with van der Waals surface area (Å²) in [4.78, 5) is 5.08. The molecule has 5 atom stereocenters. The average molecular weight is 596 g/mol. The molecule has 0 radical (unpaired) electrons. The highest BCUT2D eigenvalue weighted by Gasteiger charge is 2.45. The van der Waals surface area contributed by atoms with Crippen LogP contribution in [-0.2, 0) is 11.2 Å². The van der Waals surface area contributed by atoms with Crippen molar-refractivity contribution in [2.45, 2.75) is 56.3 Å². The molecule has 0 saturated heterocycles. The summed E-state index contributed by atoms with van der Waals surface area (Å²) in [5.74, 6) is 2.45. The normalized spacial score (nSPS) is 28.3. The smallest absolute Gasteiger partial charge is 0.213 e. The lowest BCUT2D eigenvalue weighted by molar-refractivity contribution is 0.207. The molecule has 3 aromatic carbocycles. The molecule has 3 aromatic rings. The van der Waals surface area contributed by atoms with Gasteiger partial charge in [0.1, 0.15) is 17.9 Å². The van der Waals surface area contributed by atoms with Gasteiger partial charge in [-0.15, -0.1) is 0 Å². The van der Waals surface area contributed by atoms with Crippen molar-refractivity contribution in [1.29, 1.82) is 0 Å². The fraction of sp³-hybridized carbons (Fsp3) is 0.233. The minimum absolute atomic E-state index is 0.0367. The van der Waals surface area contributed by atoms with Crippen molar-refractivity contribution in [1.82, 2.24) is 0 Å². The van der Waals surface area contributed by atoms with E-state index in [1.54, 1.807) is 0 Å². The molecule has 0 spiro atoms. The van der Waals surface area contributed by atoms with Gasteiger partial charge in [0.25, 0.3) is 0 Å². The Kier molecular flexibility index (Phi) is 5.13. The maximum absolute atomic E-state index is 6.73. The number of allylic oxidation sites excluding steroid dienone is 9. The molecule has 2 aliphatic heterocycles. The van der Waals surface area contributed by atoms with E-state index in [1.165, 1.54) is 72.4 Å². The minimum atomic E-state index is -0.0558. The van der Waals surface area contributed by atoms with Crippen molar-refractivity contribution < 1.29 is 9.47 Å². The van der Waals surface area contributed by atoms with Gasteiger partial charge >= 0.3 is 0 Å². The zero-order valence-electron chi connectivity index (χ0n) is 25.6. The van der Waals surface area contributed by atoms with Crippen LogP contribution in [0.3, 0.4) is 0 Å². The van der Waals surface area contributed by atoms with Crippen LogP contribution in [0.2, 0.25) is 0 Å². The van der Waals surface area contributed by atoms with Gasteiger partial charge in [-0.2, -0.15) is 0 Å². The van der Waals surface area contributed by atoms with Crippen LogP contribution in [-0.4, -0.2) is 11.9 Å². The van der Waals surface area contributed by atoms with Crippen LogP contribution in [0.5, 0.6) is 5.75 Å². The van der Waals surface area contributed by atoms with Crippen LogP contribution >= 0.6 is 0 Å². The average Bonchev–Trinajstić information content (AvgIpc) is 3.82. The van der Waals surface area contributed by atoms with Gasteiger partial charge in [0.05, 0.1) is 0 Å². The fourth-order valence-electron chi connectivity index (χ4n) is 9.42. The number of benzene rings is 3. The quantitative estimate of drug-likeness (QED) is 0.295. The first-order chi connectivity index (χ1) is 22.8. The molecule has 4 unspecified atom stereocenters. The molecule has 0 fully saturated rings. The summed E-state index contributed by atoms with van der Waals surface area (Å²) in [7, 11) is 0. The largest absolute Gasteiger partial charge is 0.484 e. The van der Waals surface area contributed by atoms with Crippen LogP contribution in [0.25, 0.3) is 23.3 Å². The van der Waals surface area contributed by atoms with Crippen LogP contribution < -0.4 is 4.74 Å². The van der Waals surface area contributed by atoms with Crippen molar-refractivity contribution in [3.05, 3.63) is 158 Å². The third-order valence-electron chi connectivity index (χ3n) is 11.4. The Morgan fingerprint density at radius 1 is 0.804 bits per heavy atom. The van der Waals surface area contributed by atoms with E-state index in [0.717, 1.165) is 43.8 Å². The topological polar surface area (TPSA) is 30.8 Å². The lowest BCUT2D eigenvalue weighted by atomic mass is 9.74. The van der Waals surface area contributed by atoms with Crippen molar-refractivity contribution in [2.75, 3.05) is 0 Å². The van der Waals surface area contributed by atoms with Crippen molar-refractivity contribution in [3.8, 4) is 5.75 Å². The lowest BCUT2D eigenvalue weighted by Crippen LogP contribution is -2.22. The molecule has 46 heavy (non-hydrogen) atoms. The summed E-state index contributed by atoms with van der Waals surface area (Å²) in [6, 6.07) is 20.1. The second-order valence-electron chi connectivity index (χ2n) is 13.8. The Morgan fingerprint density at radius 3 is 2.67 bits per heavy atom. The third kappa shape index (κ3) is 3.41. The van der Waals surface area contributed by atoms with Gasteiger partial charge in [0.15, 0.2) is 6.10 Å². The summed E-state index contributed by atoms with van der Waals surface area (Å²) >= 11 is 0. The molecule has 11 rings (SSSR count). The SMILES string of the molecule is C1=CCCC(C2=NC3C=Cc4ccc5c(c4C3O2)CC(C2=CCCC3=C2c2cccc4c2C3=C[C@H]2c3ccccc3OC42)C=C5)=C1. The van der Waals surface area contributed by atoms with Crippen molar-refractivity contribution >= 4 is 29.2 Å². The molecule has 0 N–H and O–H groups in total. The maximum atomic E-state index is 6.73. The molecule has 3 nitrogen and oxygen atoms in total. The van der Waals surface area contributed by atoms with Gasteiger partial charge in [-0.25, -0.2) is 4.99 Å². The molecule has 0 amide bonds. The summed E-state index contributed by atoms with van der Waals surface area (Å²) in [5.41, 5.74) is 18.0. The predicted molar refractivity (Wildman–Crippen MR) is 184 cm³/mol. The Labute approximate surface area is 269 Å². The zero-order chi connectivity index (χ0) is 29.9. The van der Waals surface area contributed by atoms with Crippen molar-refractivity contribution in [3.63, 3.8) is 0 Å². The first-order valence-corrected chi connectivity index (χ1v) is 17.0.